The molecule has 0 amide bonds. The molecule has 1 atom stereocenters. The molecule has 0 aromatic heterocycles. The van der Waals surface area contributed by atoms with Crippen LogP contribution in [0.3, 0.4) is 0 Å². The summed E-state index contributed by atoms with van der Waals surface area (Å²) in [5, 5.41) is 6.58. The molecular formula is C14H28IN3O2. The Morgan fingerprint density at radius 3 is 2.95 bits per heavy atom. The number of guanidine groups is 1. The van der Waals surface area contributed by atoms with Gasteiger partial charge in [-0.05, 0) is 26.7 Å². The molecule has 2 N–H and O–H groups in total. The van der Waals surface area contributed by atoms with Gasteiger partial charge in [-0.3, -0.25) is 4.99 Å². The number of hydrogen-bond acceptors (Lipinski definition) is 3. The number of hydrogen-bond donors (Lipinski definition) is 2. The zero-order chi connectivity index (χ0) is 13.9. The lowest BCUT2D eigenvalue weighted by Crippen LogP contribution is -2.44. The molecule has 1 aliphatic heterocycles. The number of nitrogens with zero attached hydrogens (tertiary/aromatic N) is 1. The van der Waals surface area contributed by atoms with Crippen LogP contribution in [0.5, 0.6) is 0 Å². The van der Waals surface area contributed by atoms with Gasteiger partial charge in [-0.1, -0.05) is 11.6 Å². The van der Waals surface area contributed by atoms with Crippen LogP contribution >= 0.6 is 24.0 Å². The van der Waals surface area contributed by atoms with Gasteiger partial charge in [0.25, 0.3) is 0 Å². The lowest BCUT2D eigenvalue weighted by molar-refractivity contribution is 0.153. The maximum Gasteiger partial charge on any atom is 0.191 e. The highest BCUT2D eigenvalue weighted by molar-refractivity contribution is 14.0. The average molecular weight is 397 g/mol. The first-order chi connectivity index (χ1) is 9.26. The summed E-state index contributed by atoms with van der Waals surface area (Å²) in [6.07, 6.45) is 4.23. The van der Waals surface area contributed by atoms with Crippen molar-refractivity contribution < 1.29 is 9.47 Å². The molecular weight excluding hydrogens is 369 g/mol. The summed E-state index contributed by atoms with van der Waals surface area (Å²) in [6, 6.07) is 0.255. The van der Waals surface area contributed by atoms with Crippen molar-refractivity contribution in [2.75, 3.05) is 40.0 Å². The second-order valence-corrected chi connectivity index (χ2v) is 4.70. The summed E-state index contributed by atoms with van der Waals surface area (Å²) in [6.45, 7) is 8.09. The predicted molar refractivity (Wildman–Crippen MR) is 94.0 cm³/mol. The maximum atomic E-state index is 5.29. The van der Waals surface area contributed by atoms with Gasteiger partial charge in [0.1, 0.15) is 0 Å². The van der Waals surface area contributed by atoms with Crippen LogP contribution in [0.1, 0.15) is 26.7 Å². The fraction of sp³-hybridized carbons (Fsp3) is 0.786. The maximum absolute atomic E-state index is 5.29. The Kier molecular flexibility index (Phi) is 12.2. The van der Waals surface area contributed by atoms with Gasteiger partial charge in [-0.15, -0.1) is 24.0 Å². The van der Waals surface area contributed by atoms with Crippen molar-refractivity contribution in [3.63, 3.8) is 0 Å². The Morgan fingerprint density at radius 2 is 2.35 bits per heavy atom. The molecule has 0 aliphatic carbocycles. The largest absolute Gasteiger partial charge is 0.383 e. The summed E-state index contributed by atoms with van der Waals surface area (Å²) in [7, 11) is 1.71. The third-order valence-corrected chi connectivity index (χ3v) is 2.90. The molecule has 0 saturated carbocycles. The van der Waals surface area contributed by atoms with Crippen LogP contribution in [0.25, 0.3) is 0 Å². The van der Waals surface area contributed by atoms with E-state index in [0.29, 0.717) is 6.61 Å². The highest BCUT2D eigenvalue weighted by Crippen LogP contribution is 2.11. The van der Waals surface area contributed by atoms with Gasteiger partial charge >= 0.3 is 0 Å². The second kappa shape index (κ2) is 12.4. The van der Waals surface area contributed by atoms with E-state index in [1.807, 2.05) is 0 Å². The van der Waals surface area contributed by atoms with Crippen LogP contribution in [0.2, 0.25) is 0 Å². The lowest BCUT2D eigenvalue weighted by atomic mass is 10.1. The molecule has 0 aromatic carbocycles. The molecule has 5 nitrogen and oxygen atoms in total. The minimum atomic E-state index is 0. The smallest absolute Gasteiger partial charge is 0.191 e. The average Bonchev–Trinajstić information content (AvgIpc) is 2.40. The van der Waals surface area contributed by atoms with Crippen LogP contribution < -0.4 is 10.6 Å². The summed E-state index contributed by atoms with van der Waals surface area (Å²) in [5.74, 6) is 0.861. The van der Waals surface area contributed by atoms with Crippen LogP contribution in [0, 0.1) is 0 Å². The minimum Gasteiger partial charge on any atom is -0.383 e. The van der Waals surface area contributed by atoms with Gasteiger partial charge in [0.2, 0.25) is 0 Å². The van der Waals surface area contributed by atoms with Crippen LogP contribution in [-0.4, -0.2) is 52.0 Å². The molecule has 0 aromatic rings. The minimum absolute atomic E-state index is 0. The van der Waals surface area contributed by atoms with E-state index in [9.17, 15) is 0 Å². The van der Waals surface area contributed by atoms with Gasteiger partial charge in [0.15, 0.2) is 5.96 Å². The topological polar surface area (TPSA) is 54.9 Å². The zero-order valence-corrected chi connectivity index (χ0v) is 15.1. The summed E-state index contributed by atoms with van der Waals surface area (Å²) in [5.41, 5.74) is 1.45. The van der Waals surface area contributed by atoms with Gasteiger partial charge in [-0.25, -0.2) is 0 Å². The van der Waals surface area contributed by atoms with E-state index in [-0.39, 0.29) is 30.0 Å². The van der Waals surface area contributed by atoms with Crippen LogP contribution in [-0.2, 0) is 9.47 Å². The monoisotopic (exact) mass is 397 g/mol. The Bertz CT molecular complexity index is 309. The number of nitrogens with one attached hydrogen (secondary N) is 2. The van der Waals surface area contributed by atoms with Gasteiger partial charge in [0.05, 0.1) is 19.8 Å². The molecule has 20 heavy (non-hydrogen) atoms. The summed E-state index contributed by atoms with van der Waals surface area (Å²) in [4.78, 5) is 4.59. The molecule has 1 aliphatic rings. The van der Waals surface area contributed by atoms with E-state index in [2.05, 4.69) is 35.5 Å². The SMILES string of the molecule is CCNC(=NCCC1=CCOCC1)NC(C)COC.I. The Labute approximate surface area is 139 Å². The standard InChI is InChI=1S/C14H27N3O2.HI/c1-4-15-14(17-12(2)11-18-3)16-8-5-13-6-9-19-10-7-13;/h6,12H,4-5,7-11H2,1-3H3,(H2,15,16,17);1H. The van der Waals surface area contributed by atoms with Crippen LogP contribution in [0.15, 0.2) is 16.6 Å². The van der Waals surface area contributed by atoms with Gasteiger partial charge in [-0.2, -0.15) is 0 Å². The van der Waals surface area contributed by atoms with E-state index in [0.717, 1.165) is 45.1 Å². The molecule has 0 spiro atoms. The van der Waals surface area contributed by atoms with Gasteiger partial charge in [0, 0.05) is 26.2 Å². The Hall–Kier alpha value is -0.340. The van der Waals surface area contributed by atoms with Crippen molar-refractivity contribution >= 4 is 29.9 Å². The third-order valence-electron chi connectivity index (χ3n) is 2.90. The van der Waals surface area contributed by atoms with Crippen molar-refractivity contribution in [3.05, 3.63) is 11.6 Å². The molecule has 0 fully saturated rings. The molecule has 0 saturated heterocycles. The molecule has 118 valence electrons. The predicted octanol–water partition coefficient (Wildman–Crippen LogP) is 1.93. The first-order valence-corrected chi connectivity index (χ1v) is 7.05. The van der Waals surface area contributed by atoms with Crippen molar-refractivity contribution in [1.29, 1.82) is 0 Å². The first-order valence-electron chi connectivity index (χ1n) is 7.05. The van der Waals surface area contributed by atoms with Crippen molar-refractivity contribution in [3.8, 4) is 0 Å². The van der Waals surface area contributed by atoms with E-state index < -0.39 is 0 Å². The van der Waals surface area contributed by atoms with E-state index in [1.165, 1.54) is 5.57 Å². The van der Waals surface area contributed by atoms with Crippen molar-refractivity contribution in [2.45, 2.75) is 32.7 Å². The second-order valence-electron chi connectivity index (χ2n) is 4.70. The Morgan fingerprint density at radius 1 is 1.55 bits per heavy atom. The fourth-order valence-electron chi connectivity index (χ4n) is 1.95. The van der Waals surface area contributed by atoms with E-state index >= 15 is 0 Å². The van der Waals surface area contributed by atoms with Gasteiger partial charge < -0.3 is 20.1 Å². The number of halogens is 1. The number of ether oxygens (including phenoxy) is 2. The molecule has 0 bridgehead atoms. The molecule has 1 rings (SSSR count). The van der Waals surface area contributed by atoms with E-state index in [4.69, 9.17) is 9.47 Å². The quantitative estimate of drug-likeness (QED) is 0.298. The highest BCUT2D eigenvalue weighted by Gasteiger charge is 2.05. The normalized spacial score (nSPS) is 16.9. The number of methoxy groups -OCH3 is 1. The number of aliphatic imine (C=N–C) groups is 1. The summed E-state index contributed by atoms with van der Waals surface area (Å²) < 4.78 is 10.4. The summed E-state index contributed by atoms with van der Waals surface area (Å²) >= 11 is 0. The van der Waals surface area contributed by atoms with Crippen molar-refractivity contribution in [1.82, 2.24) is 10.6 Å². The molecule has 0 radical (unpaired) electrons. The Balaban J connectivity index is 0.00000361. The van der Waals surface area contributed by atoms with Crippen LogP contribution in [0.4, 0.5) is 0 Å². The highest BCUT2D eigenvalue weighted by atomic mass is 127. The molecule has 6 heteroatoms. The fourth-order valence-corrected chi connectivity index (χ4v) is 1.95. The van der Waals surface area contributed by atoms with E-state index in [1.54, 1.807) is 7.11 Å². The first kappa shape index (κ1) is 19.7. The third kappa shape index (κ3) is 8.76. The molecule has 1 heterocycles. The molecule has 1 unspecified atom stereocenters. The number of rotatable bonds is 7. The lowest BCUT2D eigenvalue weighted by Gasteiger charge is -2.17. The zero-order valence-electron chi connectivity index (χ0n) is 12.8. The van der Waals surface area contributed by atoms with Crippen molar-refractivity contribution in [2.24, 2.45) is 4.99 Å².